The number of benzene rings is 2. The zero-order chi connectivity index (χ0) is 17.8. The molecule has 0 aliphatic heterocycles. The number of ether oxygens (including phenoxy) is 2. The lowest BCUT2D eigenvalue weighted by molar-refractivity contribution is 0.0603. The van der Waals surface area contributed by atoms with E-state index in [0.717, 1.165) is 5.56 Å². The van der Waals surface area contributed by atoms with E-state index in [1.807, 2.05) is 30.3 Å². The Morgan fingerprint density at radius 3 is 2.56 bits per heavy atom. The van der Waals surface area contributed by atoms with Crippen molar-refractivity contribution in [3.8, 4) is 5.88 Å². The van der Waals surface area contributed by atoms with Crippen LogP contribution in [0.5, 0.6) is 5.88 Å². The van der Waals surface area contributed by atoms with Crippen LogP contribution in [-0.4, -0.2) is 29.1 Å². The van der Waals surface area contributed by atoms with Crippen LogP contribution >= 0.6 is 0 Å². The van der Waals surface area contributed by atoms with Crippen molar-refractivity contribution in [1.29, 1.82) is 0 Å². The Kier molecular flexibility index (Phi) is 4.61. The summed E-state index contributed by atoms with van der Waals surface area (Å²) in [6.07, 6.45) is 1.48. The normalized spacial score (nSPS) is 10.4. The van der Waals surface area contributed by atoms with Gasteiger partial charge in [0.05, 0.1) is 18.2 Å². The van der Waals surface area contributed by atoms with E-state index in [1.165, 1.54) is 25.4 Å². The van der Waals surface area contributed by atoms with Gasteiger partial charge < -0.3 is 14.6 Å². The van der Waals surface area contributed by atoms with Gasteiger partial charge in [-0.25, -0.2) is 14.6 Å². The number of rotatable bonds is 5. The van der Waals surface area contributed by atoms with Crippen LogP contribution in [0.1, 0.15) is 26.3 Å². The van der Waals surface area contributed by atoms with Crippen molar-refractivity contribution in [1.82, 2.24) is 4.98 Å². The minimum absolute atomic E-state index is 0.00680. The summed E-state index contributed by atoms with van der Waals surface area (Å²) in [4.78, 5) is 27.4. The molecule has 2 aromatic carbocycles. The summed E-state index contributed by atoms with van der Waals surface area (Å²) >= 11 is 0. The summed E-state index contributed by atoms with van der Waals surface area (Å²) in [5.74, 6) is -1.41. The van der Waals surface area contributed by atoms with Gasteiger partial charge in [0.15, 0.2) is 0 Å². The third-order valence-electron chi connectivity index (χ3n) is 3.69. The smallest absolute Gasteiger partial charge is 0.338 e. The first-order chi connectivity index (χ1) is 12.1. The lowest BCUT2D eigenvalue weighted by Crippen LogP contribution is -2.06. The van der Waals surface area contributed by atoms with E-state index in [2.05, 4.69) is 4.98 Å². The fourth-order valence-corrected chi connectivity index (χ4v) is 2.45. The van der Waals surface area contributed by atoms with Gasteiger partial charge in [-0.05, 0) is 17.7 Å². The summed E-state index contributed by atoms with van der Waals surface area (Å²) in [5.41, 5.74) is 1.14. The van der Waals surface area contributed by atoms with E-state index in [4.69, 9.17) is 9.47 Å². The Hall–Kier alpha value is -3.41. The highest BCUT2D eigenvalue weighted by Gasteiger charge is 2.16. The molecule has 1 aromatic heterocycles. The van der Waals surface area contributed by atoms with Crippen LogP contribution in [0.25, 0.3) is 10.8 Å². The van der Waals surface area contributed by atoms with Crippen LogP contribution < -0.4 is 4.74 Å². The van der Waals surface area contributed by atoms with Crippen molar-refractivity contribution in [2.45, 2.75) is 6.61 Å². The van der Waals surface area contributed by atoms with Crippen molar-refractivity contribution < 1.29 is 24.2 Å². The number of carbonyl (C=O) groups excluding carboxylic acids is 1. The SMILES string of the molecule is COC(=O)c1cc(C(=O)O)cc2cnc(OCc3ccccc3)cc12. The molecule has 6 heteroatoms. The van der Waals surface area contributed by atoms with Gasteiger partial charge in [-0.1, -0.05) is 30.3 Å². The number of esters is 1. The van der Waals surface area contributed by atoms with Gasteiger partial charge in [0.2, 0.25) is 5.88 Å². The van der Waals surface area contributed by atoms with Crippen LogP contribution in [-0.2, 0) is 11.3 Å². The van der Waals surface area contributed by atoms with Crippen molar-refractivity contribution in [3.63, 3.8) is 0 Å². The standard InChI is InChI=1S/C19H15NO5/c1-24-19(23)16-8-13(18(21)22)7-14-10-20-17(9-15(14)16)25-11-12-5-3-2-4-6-12/h2-10H,11H2,1H3,(H,21,22). The zero-order valence-corrected chi connectivity index (χ0v) is 13.4. The predicted molar refractivity (Wildman–Crippen MR) is 90.8 cm³/mol. The van der Waals surface area contributed by atoms with E-state index in [-0.39, 0.29) is 11.1 Å². The second-order valence-corrected chi connectivity index (χ2v) is 5.34. The molecule has 3 rings (SSSR count). The van der Waals surface area contributed by atoms with E-state index in [9.17, 15) is 14.7 Å². The highest BCUT2D eigenvalue weighted by Crippen LogP contribution is 2.25. The lowest BCUT2D eigenvalue weighted by Gasteiger charge is -2.10. The summed E-state index contributed by atoms with van der Waals surface area (Å²) in [6.45, 7) is 0.333. The van der Waals surface area contributed by atoms with Gasteiger partial charge in [-0.15, -0.1) is 0 Å². The minimum atomic E-state index is -1.13. The van der Waals surface area contributed by atoms with Gasteiger partial charge in [0.25, 0.3) is 0 Å². The molecule has 0 aliphatic rings. The molecule has 0 saturated carbocycles. The lowest BCUT2D eigenvalue weighted by atomic mass is 10.0. The monoisotopic (exact) mass is 337 g/mol. The second-order valence-electron chi connectivity index (χ2n) is 5.34. The molecule has 0 unspecified atom stereocenters. The Balaban J connectivity index is 1.99. The molecule has 0 aliphatic carbocycles. The molecule has 0 atom stereocenters. The third kappa shape index (κ3) is 3.58. The molecule has 0 saturated heterocycles. The van der Waals surface area contributed by atoms with Crippen LogP contribution in [0.3, 0.4) is 0 Å². The fourth-order valence-electron chi connectivity index (χ4n) is 2.45. The van der Waals surface area contributed by atoms with E-state index < -0.39 is 11.9 Å². The Morgan fingerprint density at radius 2 is 1.88 bits per heavy atom. The molecule has 25 heavy (non-hydrogen) atoms. The van der Waals surface area contributed by atoms with E-state index in [1.54, 1.807) is 6.07 Å². The zero-order valence-electron chi connectivity index (χ0n) is 13.4. The summed E-state index contributed by atoms with van der Waals surface area (Å²) in [6, 6.07) is 14.0. The molecule has 126 valence electrons. The number of pyridine rings is 1. The highest BCUT2D eigenvalue weighted by molar-refractivity contribution is 6.07. The van der Waals surface area contributed by atoms with Gasteiger partial charge in [-0.2, -0.15) is 0 Å². The maximum Gasteiger partial charge on any atom is 0.338 e. The predicted octanol–water partition coefficient (Wildman–Crippen LogP) is 3.30. The quantitative estimate of drug-likeness (QED) is 0.719. The Bertz CT molecular complexity index is 937. The molecule has 6 nitrogen and oxygen atoms in total. The molecule has 0 fully saturated rings. The molecule has 0 amide bonds. The second kappa shape index (κ2) is 7.00. The molecule has 1 heterocycles. The molecule has 0 bridgehead atoms. The number of carbonyl (C=O) groups is 2. The van der Waals surface area contributed by atoms with E-state index >= 15 is 0 Å². The van der Waals surface area contributed by atoms with Gasteiger partial charge >= 0.3 is 11.9 Å². The Morgan fingerprint density at radius 1 is 1.12 bits per heavy atom. The fraction of sp³-hybridized carbons (Fsp3) is 0.105. The number of hydrogen-bond acceptors (Lipinski definition) is 5. The number of fused-ring (bicyclic) bond motifs is 1. The van der Waals surface area contributed by atoms with Crippen molar-refractivity contribution in [3.05, 3.63) is 71.4 Å². The van der Waals surface area contributed by atoms with Gasteiger partial charge in [0, 0.05) is 23.0 Å². The minimum Gasteiger partial charge on any atom is -0.478 e. The van der Waals surface area contributed by atoms with Gasteiger partial charge in [0.1, 0.15) is 6.61 Å². The summed E-state index contributed by atoms with van der Waals surface area (Å²) in [5, 5.41) is 10.2. The highest BCUT2D eigenvalue weighted by atomic mass is 16.5. The number of aromatic nitrogens is 1. The van der Waals surface area contributed by atoms with Crippen LogP contribution in [0.15, 0.2) is 54.7 Å². The van der Waals surface area contributed by atoms with E-state index in [0.29, 0.717) is 23.3 Å². The van der Waals surface area contributed by atoms with Crippen LogP contribution in [0.2, 0.25) is 0 Å². The number of carboxylic acid groups (broad SMARTS) is 1. The first-order valence-corrected chi connectivity index (χ1v) is 7.50. The largest absolute Gasteiger partial charge is 0.478 e. The van der Waals surface area contributed by atoms with Crippen molar-refractivity contribution in [2.75, 3.05) is 7.11 Å². The first kappa shape index (κ1) is 16.4. The molecule has 3 aromatic rings. The Labute approximate surface area is 143 Å². The number of nitrogens with zero attached hydrogens (tertiary/aromatic N) is 1. The third-order valence-corrected chi connectivity index (χ3v) is 3.69. The molecular formula is C19H15NO5. The van der Waals surface area contributed by atoms with Crippen LogP contribution in [0.4, 0.5) is 0 Å². The van der Waals surface area contributed by atoms with Crippen LogP contribution in [0, 0.1) is 0 Å². The molecule has 1 N–H and O–H groups in total. The first-order valence-electron chi connectivity index (χ1n) is 7.50. The number of aromatic carboxylic acids is 1. The maximum atomic E-state index is 12.0. The number of hydrogen-bond donors (Lipinski definition) is 1. The molecular weight excluding hydrogens is 322 g/mol. The molecule has 0 spiro atoms. The number of carboxylic acids is 1. The average molecular weight is 337 g/mol. The average Bonchev–Trinajstić information content (AvgIpc) is 2.65. The number of methoxy groups -OCH3 is 1. The molecule has 0 radical (unpaired) electrons. The summed E-state index contributed by atoms with van der Waals surface area (Å²) < 4.78 is 10.4. The van der Waals surface area contributed by atoms with Crippen molar-refractivity contribution in [2.24, 2.45) is 0 Å². The summed E-state index contributed by atoms with van der Waals surface area (Å²) in [7, 11) is 1.25. The van der Waals surface area contributed by atoms with Crippen molar-refractivity contribution >= 4 is 22.7 Å². The maximum absolute atomic E-state index is 12.0. The van der Waals surface area contributed by atoms with Gasteiger partial charge in [-0.3, -0.25) is 0 Å². The topological polar surface area (TPSA) is 85.7 Å².